The van der Waals surface area contributed by atoms with E-state index >= 15 is 0 Å². The van der Waals surface area contributed by atoms with Crippen LogP contribution in [0, 0.1) is 6.92 Å². The smallest absolute Gasteiger partial charge is 0.337 e. The molecule has 0 spiro atoms. The van der Waals surface area contributed by atoms with Gasteiger partial charge in [-0.1, -0.05) is 36.4 Å². The van der Waals surface area contributed by atoms with Crippen LogP contribution in [-0.2, 0) is 11.3 Å². The lowest BCUT2D eigenvalue weighted by Gasteiger charge is -2.31. The molecule has 3 heterocycles. The number of nitrogens with zero attached hydrogens (tertiary/aromatic N) is 4. The quantitative estimate of drug-likeness (QED) is 0.277. The Balaban J connectivity index is 1.50. The molecule has 0 saturated heterocycles. The number of esters is 1. The Bertz CT molecular complexity index is 1740. The summed E-state index contributed by atoms with van der Waals surface area (Å²) in [5.74, 6) is 1.10. The van der Waals surface area contributed by atoms with Crippen molar-refractivity contribution < 1.29 is 19.1 Å². The predicted molar refractivity (Wildman–Crippen MR) is 155 cm³/mol. The van der Waals surface area contributed by atoms with E-state index in [0.29, 0.717) is 23.5 Å². The second-order valence-electron chi connectivity index (χ2n) is 9.75. The molecule has 5 aromatic rings. The van der Waals surface area contributed by atoms with E-state index in [1.165, 1.54) is 7.11 Å². The molecule has 6 rings (SSSR count). The summed E-state index contributed by atoms with van der Waals surface area (Å²) in [4.78, 5) is 28.1. The standard InChI is InChI=1S/C32H29N5O4/c1-21-27-20-36(32(39)33-24-12-7-11-23(18-24)31(38)41-3)29(22-10-8-15-26(19-22)40-2)28-16-9-17-35(28)30(27)37(34-21)25-13-5-4-6-14-25/h4-19,29H,20H2,1-3H3,(H,33,39)/t29-/m1/s1. The normalized spacial score (nSPS) is 14.0. The van der Waals surface area contributed by atoms with Crippen LogP contribution in [0.15, 0.2) is 97.2 Å². The number of aryl methyl sites for hydroxylation is 1. The number of fused-ring (bicyclic) bond motifs is 3. The number of rotatable bonds is 5. The molecular weight excluding hydrogens is 518 g/mol. The first kappa shape index (κ1) is 25.9. The van der Waals surface area contributed by atoms with E-state index < -0.39 is 12.0 Å². The minimum atomic E-state index is -0.475. The van der Waals surface area contributed by atoms with Crippen LogP contribution in [0.4, 0.5) is 10.5 Å². The summed E-state index contributed by atoms with van der Waals surface area (Å²) in [6.45, 7) is 2.25. The Kier molecular flexibility index (Phi) is 6.76. The molecule has 2 aromatic heterocycles. The van der Waals surface area contributed by atoms with E-state index in [0.717, 1.165) is 34.0 Å². The molecule has 9 heteroatoms. The van der Waals surface area contributed by atoms with E-state index in [1.807, 2.05) is 84.5 Å². The fourth-order valence-corrected chi connectivity index (χ4v) is 5.35. The van der Waals surface area contributed by atoms with Crippen molar-refractivity contribution in [3.63, 3.8) is 0 Å². The number of amides is 2. The van der Waals surface area contributed by atoms with Crippen LogP contribution in [0.25, 0.3) is 11.5 Å². The van der Waals surface area contributed by atoms with Crippen molar-refractivity contribution in [3.8, 4) is 17.3 Å². The minimum absolute atomic E-state index is 0.292. The lowest BCUT2D eigenvalue weighted by Crippen LogP contribution is -2.38. The van der Waals surface area contributed by atoms with Crippen LogP contribution in [0.3, 0.4) is 0 Å². The van der Waals surface area contributed by atoms with Crippen molar-refractivity contribution in [3.05, 3.63) is 125 Å². The summed E-state index contributed by atoms with van der Waals surface area (Å²) in [6, 6.07) is 27.6. The second-order valence-corrected chi connectivity index (χ2v) is 9.75. The van der Waals surface area contributed by atoms with Gasteiger partial charge in [0.2, 0.25) is 0 Å². The van der Waals surface area contributed by atoms with Gasteiger partial charge < -0.3 is 24.3 Å². The van der Waals surface area contributed by atoms with Gasteiger partial charge in [0.15, 0.2) is 0 Å². The molecule has 0 bridgehead atoms. The highest BCUT2D eigenvalue weighted by atomic mass is 16.5. The molecule has 206 valence electrons. The number of methoxy groups -OCH3 is 2. The Morgan fingerprint density at radius 2 is 1.73 bits per heavy atom. The fraction of sp³-hybridized carbons (Fsp3) is 0.156. The predicted octanol–water partition coefficient (Wildman–Crippen LogP) is 5.90. The highest BCUT2D eigenvalue weighted by Gasteiger charge is 2.36. The summed E-state index contributed by atoms with van der Waals surface area (Å²) in [6.07, 6.45) is 2.00. The second kappa shape index (κ2) is 10.7. The number of nitrogens with one attached hydrogen (secondary N) is 1. The summed E-state index contributed by atoms with van der Waals surface area (Å²) in [5, 5.41) is 7.90. The molecule has 1 aliphatic rings. The Labute approximate surface area is 237 Å². The number of anilines is 1. The molecule has 0 saturated carbocycles. The Morgan fingerprint density at radius 1 is 0.927 bits per heavy atom. The molecule has 1 aliphatic heterocycles. The third kappa shape index (κ3) is 4.71. The van der Waals surface area contributed by atoms with Crippen molar-refractivity contribution >= 4 is 17.7 Å². The van der Waals surface area contributed by atoms with E-state index in [2.05, 4.69) is 9.88 Å². The first-order valence-corrected chi connectivity index (χ1v) is 13.2. The molecule has 0 unspecified atom stereocenters. The molecular formula is C32H29N5O4. The maximum Gasteiger partial charge on any atom is 0.337 e. The van der Waals surface area contributed by atoms with Crippen LogP contribution in [0.2, 0.25) is 0 Å². The number of aromatic nitrogens is 3. The molecule has 2 amide bonds. The highest BCUT2D eigenvalue weighted by molar-refractivity contribution is 5.94. The number of hydrogen-bond donors (Lipinski definition) is 1. The van der Waals surface area contributed by atoms with Crippen molar-refractivity contribution in [2.45, 2.75) is 19.5 Å². The molecule has 1 atom stereocenters. The van der Waals surface area contributed by atoms with E-state index in [4.69, 9.17) is 14.6 Å². The van der Waals surface area contributed by atoms with Crippen molar-refractivity contribution in [2.24, 2.45) is 0 Å². The van der Waals surface area contributed by atoms with E-state index in [-0.39, 0.29) is 6.03 Å². The van der Waals surface area contributed by atoms with Crippen LogP contribution in [0.5, 0.6) is 5.75 Å². The van der Waals surface area contributed by atoms with Crippen molar-refractivity contribution in [1.29, 1.82) is 0 Å². The lowest BCUT2D eigenvalue weighted by atomic mass is 10.0. The van der Waals surface area contributed by atoms with Gasteiger partial charge in [-0.2, -0.15) is 5.10 Å². The highest BCUT2D eigenvalue weighted by Crippen LogP contribution is 2.39. The molecule has 0 radical (unpaired) electrons. The number of carbonyl (C=O) groups excluding carboxylic acids is 2. The van der Waals surface area contributed by atoms with Crippen LogP contribution >= 0.6 is 0 Å². The molecule has 0 aliphatic carbocycles. The zero-order valence-electron chi connectivity index (χ0n) is 22.9. The zero-order chi connectivity index (χ0) is 28.5. The SMILES string of the molecule is COC(=O)c1cccc(NC(=O)N2Cc3c(C)nn(-c4ccccc4)c3-n3cccc3[C@H]2c2cccc(OC)c2)c1. The van der Waals surface area contributed by atoms with E-state index in [9.17, 15) is 9.59 Å². The summed E-state index contributed by atoms with van der Waals surface area (Å²) in [5.41, 5.74) is 5.29. The average Bonchev–Trinajstić information content (AvgIpc) is 3.57. The number of carbonyl (C=O) groups is 2. The van der Waals surface area contributed by atoms with Crippen molar-refractivity contribution in [2.75, 3.05) is 19.5 Å². The van der Waals surface area contributed by atoms with Crippen LogP contribution < -0.4 is 10.1 Å². The van der Waals surface area contributed by atoms with Gasteiger partial charge >= 0.3 is 12.0 Å². The van der Waals surface area contributed by atoms with Gasteiger partial charge in [-0.3, -0.25) is 0 Å². The summed E-state index contributed by atoms with van der Waals surface area (Å²) in [7, 11) is 2.95. The van der Waals surface area contributed by atoms with Gasteiger partial charge in [-0.25, -0.2) is 14.3 Å². The van der Waals surface area contributed by atoms with Gasteiger partial charge in [0, 0.05) is 17.4 Å². The maximum atomic E-state index is 14.2. The van der Waals surface area contributed by atoms with E-state index in [1.54, 1.807) is 36.3 Å². The van der Waals surface area contributed by atoms with Gasteiger partial charge in [0.25, 0.3) is 0 Å². The average molecular weight is 548 g/mol. The topological polar surface area (TPSA) is 90.6 Å². The summed E-state index contributed by atoms with van der Waals surface area (Å²) < 4.78 is 14.4. The monoisotopic (exact) mass is 547 g/mol. The Hall–Kier alpha value is -5.31. The van der Waals surface area contributed by atoms with Gasteiger partial charge in [0.1, 0.15) is 11.6 Å². The largest absolute Gasteiger partial charge is 0.497 e. The molecule has 3 aromatic carbocycles. The molecule has 1 N–H and O–H groups in total. The molecule has 9 nitrogen and oxygen atoms in total. The first-order valence-electron chi connectivity index (χ1n) is 13.2. The third-order valence-electron chi connectivity index (χ3n) is 7.29. The van der Waals surface area contributed by atoms with Gasteiger partial charge in [-0.05, 0) is 67.1 Å². The number of benzene rings is 3. The fourth-order valence-electron chi connectivity index (χ4n) is 5.35. The van der Waals surface area contributed by atoms with Gasteiger partial charge in [-0.15, -0.1) is 0 Å². The minimum Gasteiger partial charge on any atom is -0.497 e. The number of para-hydroxylation sites is 1. The molecule has 41 heavy (non-hydrogen) atoms. The first-order chi connectivity index (χ1) is 20.0. The zero-order valence-corrected chi connectivity index (χ0v) is 22.9. The Morgan fingerprint density at radius 3 is 2.51 bits per heavy atom. The lowest BCUT2D eigenvalue weighted by molar-refractivity contribution is 0.0600. The maximum absolute atomic E-state index is 14.2. The number of hydrogen-bond acceptors (Lipinski definition) is 5. The summed E-state index contributed by atoms with van der Waals surface area (Å²) >= 11 is 0. The van der Waals surface area contributed by atoms with Crippen LogP contribution in [-0.4, -0.2) is 45.5 Å². The van der Waals surface area contributed by atoms with Gasteiger partial charge in [0.05, 0.1) is 49.4 Å². The van der Waals surface area contributed by atoms with Crippen LogP contribution in [0.1, 0.15) is 38.9 Å². The molecule has 0 fully saturated rings. The number of ether oxygens (including phenoxy) is 2. The van der Waals surface area contributed by atoms with Crippen molar-refractivity contribution in [1.82, 2.24) is 19.2 Å². The number of urea groups is 1. The third-order valence-corrected chi connectivity index (χ3v) is 7.29.